The van der Waals surface area contributed by atoms with Gasteiger partial charge in [0, 0.05) is 44.8 Å². The van der Waals surface area contributed by atoms with Crippen LogP contribution in [0, 0.1) is 11.3 Å². The molecule has 1 fully saturated rings. The maximum Gasteiger partial charge on any atom is 0.317 e. The summed E-state index contributed by atoms with van der Waals surface area (Å²) in [5, 5.41) is 12.2. The lowest BCUT2D eigenvalue weighted by Crippen LogP contribution is -2.52. The maximum atomic E-state index is 12.5. The number of carbonyl (C=O) groups is 1. The average molecular weight is 336 g/mol. The van der Waals surface area contributed by atoms with Crippen LogP contribution >= 0.6 is 0 Å². The fourth-order valence-corrected chi connectivity index (χ4v) is 2.87. The van der Waals surface area contributed by atoms with Gasteiger partial charge >= 0.3 is 6.03 Å². The summed E-state index contributed by atoms with van der Waals surface area (Å²) in [5.74, 6) is 0.690. The molecule has 0 bridgehead atoms. The van der Waals surface area contributed by atoms with E-state index in [4.69, 9.17) is 0 Å². The van der Waals surface area contributed by atoms with Gasteiger partial charge in [0.15, 0.2) is 0 Å². The zero-order valence-corrected chi connectivity index (χ0v) is 14.1. The van der Waals surface area contributed by atoms with E-state index >= 15 is 0 Å². The standard InChI is InChI=1S/C18H20N6O/c1-14(15-4-7-20-8-5-15)22-18(25)24-11-9-23(10-12-24)17-16(13-19)3-2-6-21-17/h2-8,14H,9-12H2,1H3,(H,22,25). The van der Waals surface area contributed by atoms with Gasteiger partial charge in [0.05, 0.1) is 11.6 Å². The fraction of sp³-hybridized carbons (Fsp3) is 0.333. The number of nitrogens with zero attached hydrogens (tertiary/aromatic N) is 5. The molecule has 1 N–H and O–H groups in total. The molecule has 2 amide bonds. The summed E-state index contributed by atoms with van der Waals surface area (Å²) in [4.78, 5) is 24.6. The molecule has 1 atom stereocenters. The van der Waals surface area contributed by atoms with Crippen molar-refractivity contribution in [1.82, 2.24) is 20.2 Å². The van der Waals surface area contributed by atoms with E-state index in [1.54, 1.807) is 35.6 Å². The molecular formula is C18H20N6O. The minimum absolute atomic E-state index is 0.0745. The van der Waals surface area contributed by atoms with Crippen molar-refractivity contribution in [2.75, 3.05) is 31.1 Å². The van der Waals surface area contributed by atoms with Crippen LogP contribution in [0.2, 0.25) is 0 Å². The van der Waals surface area contributed by atoms with Gasteiger partial charge in [-0.3, -0.25) is 4.98 Å². The summed E-state index contributed by atoms with van der Waals surface area (Å²) in [5.41, 5.74) is 1.58. The quantitative estimate of drug-likeness (QED) is 0.926. The summed E-state index contributed by atoms with van der Waals surface area (Å²) in [7, 11) is 0. The van der Waals surface area contributed by atoms with Gasteiger partial charge in [-0.2, -0.15) is 5.26 Å². The highest BCUT2D eigenvalue weighted by Crippen LogP contribution is 2.18. The molecule has 2 aromatic heterocycles. The molecule has 0 spiro atoms. The van der Waals surface area contributed by atoms with E-state index in [-0.39, 0.29) is 12.1 Å². The van der Waals surface area contributed by atoms with Crippen molar-refractivity contribution in [1.29, 1.82) is 5.26 Å². The highest BCUT2D eigenvalue weighted by molar-refractivity contribution is 5.75. The number of nitriles is 1. The Labute approximate surface area is 146 Å². The molecule has 0 radical (unpaired) electrons. The Bertz CT molecular complexity index is 765. The number of urea groups is 1. The van der Waals surface area contributed by atoms with E-state index in [1.807, 2.05) is 19.1 Å². The number of hydrogen-bond acceptors (Lipinski definition) is 5. The molecule has 3 rings (SSSR count). The van der Waals surface area contributed by atoms with Crippen LogP contribution in [0.25, 0.3) is 0 Å². The summed E-state index contributed by atoms with van der Waals surface area (Å²) >= 11 is 0. The van der Waals surface area contributed by atoms with E-state index in [9.17, 15) is 10.1 Å². The summed E-state index contributed by atoms with van der Waals surface area (Å²) in [6, 6.07) is 9.33. The smallest absolute Gasteiger partial charge is 0.317 e. The number of hydrogen-bond donors (Lipinski definition) is 1. The van der Waals surface area contributed by atoms with E-state index in [0.717, 1.165) is 5.56 Å². The number of amides is 2. The monoisotopic (exact) mass is 336 g/mol. The lowest BCUT2D eigenvalue weighted by molar-refractivity contribution is 0.191. The van der Waals surface area contributed by atoms with Gasteiger partial charge in [0.1, 0.15) is 11.9 Å². The zero-order valence-electron chi connectivity index (χ0n) is 14.1. The Morgan fingerprint density at radius 1 is 1.20 bits per heavy atom. The molecule has 7 heteroatoms. The van der Waals surface area contributed by atoms with Crippen LogP contribution in [0.5, 0.6) is 0 Å². The third-order valence-corrected chi connectivity index (χ3v) is 4.32. The molecule has 7 nitrogen and oxygen atoms in total. The molecule has 1 aliphatic heterocycles. The number of nitrogens with one attached hydrogen (secondary N) is 1. The molecule has 3 heterocycles. The van der Waals surface area contributed by atoms with Crippen LogP contribution in [0.1, 0.15) is 24.1 Å². The van der Waals surface area contributed by atoms with Crippen molar-refractivity contribution in [3.8, 4) is 6.07 Å². The van der Waals surface area contributed by atoms with Crippen molar-refractivity contribution < 1.29 is 4.79 Å². The highest BCUT2D eigenvalue weighted by atomic mass is 16.2. The van der Waals surface area contributed by atoms with Crippen molar-refractivity contribution >= 4 is 11.8 Å². The van der Waals surface area contributed by atoms with Gasteiger partial charge < -0.3 is 15.1 Å². The van der Waals surface area contributed by atoms with Crippen molar-refractivity contribution in [2.45, 2.75) is 13.0 Å². The van der Waals surface area contributed by atoms with Gasteiger partial charge in [-0.25, -0.2) is 9.78 Å². The van der Waals surface area contributed by atoms with Crippen molar-refractivity contribution in [3.63, 3.8) is 0 Å². The molecular weight excluding hydrogens is 316 g/mol. The molecule has 2 aromatic rings. The Balaban J connectivity index is 1.57. The number of aromatic nitrogens is 2. The van der Waals surface area contributed by atoms with E-state index in [0.29, 0.717) is 37.6 Å². The van der Waals surface area contributed by atoms with Crippen LogP contribution in [0.4, 0.5) is 10.6 Å². The van der Waals surface area contributed by atoms with Crippen LogP contribution in [-0.2, 0) is 0 Å². The Hall–Kier alpha value is -3.14. The second-order valence-electron chi connectivity index (χ2n) is 5.91. The van der Waals surface area contributed by atoms with E-state index in [1.165, 1.54) is 0 Å². The second kappa shape index (κ2) is 7.62. The minimum atomic E-state index is -0.0783. The Kier molecular flexibility index (Phi) is 5.09. The SMILES string of the molecule is CC(NC(=O)N1CCN(c2ncccc2C#N)CC1)c1ccncc1. The summed E-state index contributed by atoms with van der Waals surface area (Å²) < 4.78 is 0. The largest absolute Gasteiger partial charge is 0.352 e. The van der Waals surface area contributed by atoms with E-state index in [2.05, 4.69) is 26.3 Å². The lowest BCUT2D eigenvalue weighted by atomic mass is 10.1. The van der Waals surface area contributed by atoms with Gasteiger partial charge in [0.2, 0.25) is 0 Å². The number of carbonyl (C=O) groups excluding carboxylic acids is 1. The number of rotatable bonds is 3. The van der Waals surface area contributed by atoms with Crippen LogP contribution < -0.4 is 10.2 Å². The maximum absolute atomic E-state index is 12.5. The van der Waals surface area contributed by atoms with Gasteiger partial charge in [0.25, 0.3) is 0 Å². The van der Waals surface area contributed by atoms with Crippen LogP contribution in [-0.4, -0.2) is 47.1 Å². The molecule has 25 heavy (non-hydrogen) atoms. The van der Waals surface area contributed by atoms with Gasteiger partial charge in [-0.05, 0) is 36.8 Å². The topological polar surface area (TPSA) is 85.2 Å². The Morgan fingerprint density at radius 2 is 1.92 bits per heavy atom. The predicted octanol–water partition coefficient (Wildman–Crippen LogP) is 1.94. The number of pyridine rings is 2. The first-order chi connectivity index (χ1) is 12.2. The third-order valence-electron chi connectivity index (χ3n) is 4.32. The molecule has 0 aliphatic carbocycles. The average Bonchev–Trinajstić information content (AvgIpc) is 2.68. The van der Waals surface area contributed by atoms with Crippen molar-refractivity contribution in [3.05, 3.63) is 54.0 Å². The first kappa shape index (κ1) is 16.7. The number of anilines is 1. The van der Waals surface area contributed by atoms with Gasteiger partial charge in [-0.15, -0.1) is 0 Å². The minimum Gasteiger partial charge on any atom is -0.352 e. The number of piperazine rings is 1. The Morgan fingerprint density at radius 3 is 2.60 bits per heavy atom. The van der Waals surface area contributed by atoms with E-state index < -0.39 is 0 Å². The highest BCUT2D eigenvalue weighted by Gasteiger charge is 2.24. The summed E-state index contributed by atoms with van der Waals surface area (Å²) in [6.07, 6.45) is 5.12. The first-order valence-corrected chi connectivity index (χ1v) is 8.24. The van der Waals surface area contributed by atoms with Crippen LogP contribution in [0.3, 0.4) is 0 Å². The van der Waals surface area contributed by atoms with Crippen molar-refractivity contribution in [2.24, 2.45) is 0 Å². The molecule has 0 saturated carbocycles. The molecule has 128 valence electrons. The lowest BCUT2D eigenvalue weighted by Gasteiger charge is -2.36. The predicted molar refractivity (Wildman–Crippen MR) is 93.9 cm³/mol. The fourth-order valence-electron chi connectivity index (χ4n) is 2.87. The molecule has 0 aromatic carbocycles. The third kappa shape index (κ3) is 3.86. The molecule has 1 aliphatic rings. The second-order valence-corrected chi connectivity index (χ2v) is 5.91. The van der Waals surface area contributed by atoms with Crippen LogP contribution in [0.15, 0.2) is 42.9 Å². The normalized spacial score (nSPS) is 15.4. The molecule has 1 saturated heterocycles. The zero-order chi connectivity index (χ0) is 17.6. The van der Waals surface area contributed by atoms with Gasteiger partial charge in [-0.1, -0.05) is 0 Å². The molecule has 1 unspecified atom stereocenters. The first-order valence-electron chi connectivity index (χ1n) is 8.24. The summed E-state index contributed by atoms with van der Waals surface area (Å²) in [6.45, 7) is 4.45.